The smallest absolute Gasteiger partial charge is 0.307 e. The molecule has 22 heavy (non-hydrogen) atoms. The van der Waals surface area contributed by atoms with Crippen molar-refractivity contribution in [3.8, 4) is 0 Å². The highest BCUT2D eigenvalue weighted by atomic mass is 35.5. The van der Waals surface area contributed by atoms with Gasteiger partial charge in [0.05, 0.1) is 28.2 Å². The van der Waals surface area contributed by atoms with E-state index in [-0.39, 0.29) is 24.9 Å². The number of halogens is 3. The first-order valence-corrected chi connectivity index (χ1v) is 7.42. The molecule has 1 fully saturated rings. The summed E-state index contributed by atoms with van der Waals surface area (Å²) in [7, 11) is 0. The van der Waals surface area contributed by atoms with E-state index >= 15 is 0 Å². The van der Waals surface area contributed by atoms with E-state index in [1.165, 1.54) is 0 Å². The standard InChI is InChI=1S/C14H16Cl2N2O3.ClH/c15-10-4-1-5-11(13(10)16)17-12(19)8-18-6-2-3-9(7-18)14(20)21;/h1,4-5,9H,2-3,6-8H2,(H,17,19)(H,20,21);1H. The minimum atomic E-state index is -0.807. The van der Waals surface area contributed by atoms with Gasteiger partial charge in [-0.15, -0.1) is 12.4 Å². The molecule has 0 aromatic heterocycles. The third kappa shape index (κ3) is 5.02. The molecule has 2 N–H and O–H groups in total. The number of piperidine rings is 1. The SMILES string of the molecule is Cl.O=C(CN1CCCC(C(=O)O)C1)Nc1cccc(Cl)c1Cl. The van der Waals surface area contributed by atoms with E-state index in [1.54, 1.807) is 18.2 Å². The molecule has 0 bridgehead atoms. The topological polar surface area (TPSA) is 69.6 Å². The first-order chi connectivity index (χ1) is 9.97. The van der Waals surface area contributed by atoms with Crippen LogP contribution in [0.25, 0.3) is 0 Å². The van der Waals surface area contributed by atoms with Crippen molar-refractivity contribution < 1.29 is 14.7 Å². The first-order valence-electron chi connectivity index (χ1n) is 6.66. The molecule has 1 aromatic rings. The molecule has 122 valence electrons. The molecule has 1 heterocycles. The second-order valence-corrected chi connectivity index (χ2v) is 5.85. The predicted molar refractivity (Wildman–Crippen MR) is 89.1 cm³/mol. The number of amides is 1. The Bertz CT molecular complexity index is 554. The van der Waals surface area contributed by atoms with Crippen molar-refractivity contribution in [2.24, 2.45) is 5.92 Å². The molecule has 1 saturated heterocycles. The van der Waals surface area contributed by atoms with E-state index in [0.717, 1.165) is 13.0 Å². The Kier molecular flexibility index (Phi) is 7.42. The van der Waals surface area contributed by atoms with Crippen LogP contribution in [0.3, 0.4) is 0 Å². The fourth-order valence-electron chi connectivity index (χ4n) is 2.39. The Morgan fingerprint density at radius 3 is 2.77 bits per heavy atom. The van der Waals surface area contributed by atoms with Crippen molar-refractivity contribution in [1.29, 1.82) is 0 Å². The van der Waals surface area contributed by atoms with Crippen LogP contribution in [-0.2, 0) is 9.59 Å². The Morgan fingerprint density at radius 2 is 2.09 bits per heavy atom. The summed E-state index contributed by atoms with van der Waals surface area (Å²) in [6, 6.07) is 5.01. The maximum absolute atomic E-state index is 12.0. The molecular formula is C14H17Cl3N2O3. The fourth-order valence-corrected chi connectivity index (χ4v) is 2.74. The van der Waals surface area contributed by atoms with Crippen LogP contribution in [0.15, 0.2) is 18.2 Å². The Morgan fingerprint density at radius 1 is 1.36 bits per heavy atom. The molecule has 1 unspecified atom stereocenters. The van der Waals surface area contributed by atoms with Crippen LogP contribution in [0.4, 0.5) is 5.69 Å². The average molecular weight is 368 g/mol. The summed E-state index contributed by atoms with van der Waals surface area (Å²) in [5.41, 5.74) is 0.459. The molecule has 1 aromatic carbocycles. The van der Waals surface area contributed by atoms with Gasteiger partial charge in [0.2, 0.25) is 5.91 Å². The number of carboxylic acid groups (broad SMARTS) is 1. The Labute approximate surface area is 145 Å². The van der Waals surface area contributed by atoms with Gasteiger partial charge in [-0.3, -0.25) is 14.5 Å². The maximum atomic E-state index is 12.0. The summed E-state index contributed by atoms with van der Waals surface area (Å²) in [4.78, 5) is 24.9. The van der Waals surface area contributed by atoms with Gasteiger partial charge in [-0.25, -0.2) is 0 Å². The second-order valence-electron chi connectivity index (χ2n) is 5.06. The Hall–Kier alpha value is -1.01. The summed E-state index contributed by atoms with van der Waals surface area (Å²) >= 11 is 11.9. The molecule has 2 rings (SSSR count). The largest absolute Gasteiger partial charge is 0.481 e. The minimum Gasteiger partial charge on any atom is -0.481 e. The van der Waals surface area contributed by atoms with E-state index < -0.39 is 11.9 Å². The van der Waals surface area contributed by atoms with Crippen molar-refractivity contribution in [2.45, 2.75) is 12.8 Å². The van der Waals surface area contributed by atoms with Crippen molar-refractivity contribution in [3.63, 3.8) is 0 Å². The van der Waals surface area contributed by atoms with Crippen molar-refractivity contribution in [1.82, 2.24) is 4.90 Å². The van der Waals surface area contributed by atoms with Gasteiger partial charge in [-0.2, -0.15) is 0 Å². The monoisotopic (exact) mass is 366 g/mol. The second kappa shape index (κ2) is 8.58. The van der Waals surface area contributed by atoms with Crippen LogP contribution >= 0.6 is 35.6 Å². The normalized spacial score (nSPS) is 18.4. The number of likely N-dealkylation sites (tertiary alicyclic amines) is 1. The zero-order valence-electron chi connectivity index (χ0n) is 11.7. The summed E-state index contributed by atoms with van der Waals surface area (Å²) in [6.45, 7) is 1.26. The number of carbonyl (C=O) groups excluding carboxylic acids is 1. The third-order valence-corrected chi connectivity index (χ3v) is 4.27. The van der Waals surface area contributed by atoms with Crippen molar-refractivity contribution in [3.05, 3.63) is 28.2 Å². The number of carboxylic acids is 1. The maximum Gasteiger partial charge on any atom is 0.307 e. The van der Waals surface area contributed by atoms with Gasteiger partial charge in [0.15, 0.2) is 0 Å². The average Bonchev–Trinajstić information content (AvgIpc) is 2.44. The highest BCUT2D eigenvalue weighted by molar-refractivity contribution is 6.43. The lowest BCUT2D eigenvalue weighted by Crippen LogP contribution is -2.42. The fraction of sp³-hybridized carbons (Fsp3) is 0.429. The van der Waals surface area contributed by atoms with E-state index in [1.807, 2.05) is 4.90 Å². The molecule has 1 aliphatic rings. The van der Waals surface area contributed by atoms with Gasteiger partial charge in [0.1, 0.15) is 0 Å². The molecule has 1 amide bonds. The molecule has 8 heteroatoms. The van der Waals surface area contributed by atoms with Crippen molar-refractivity contribution in [2.75, 3.05) is 25.0 Å². The summed E-state index contributed by atoms with van der Waals surface area (Å²) in [5.74, 6) is -1.44. The first kappa shape index (κ1) is 19.0. The molecule has 0 radical (unpaired) electrons. The highest BCUT2D eigenvalue weighted by Crippen LogP contribution is 2.29. The molecule has 0 aliphatic carbocycles. The van der Waals surface area contributed by atoms with Gasteiger partial charge in [0.25, 0.3) is 0 Å². The van der Waals surface area contributed by atoms with E-state index in [9.17, 15) is 9.59 Å². The minimum absolute atomic E-state index is 0. The number of rotatable bonds is 4. The van der Waals surface area contributed by atoms with E-state index in [0.29, 0.717) is 28.7 Å². The molecule has 0 saturated carbocycles. The lowest BCUT2D eigenvalue weighted by molar-refractivity contribution is -0.144. The summed E-state index contributed by atoms with van der Waals surface area (Å²) in [6.07, 6.45) is 1.44. The van der Waals surface area contributed by atoms with Crippen LogP contribution in [0.2, 0.25) is 10.0 Å². The quantitative estimate of drug-likeness (QED) is 0.857. The van der Waals surface area contributed by atoms with Gasteiger partial charge in [-0.05, 0) is 31.5 Å². The number of hydrogen-bond acceptors (Lipinski definition) is 3. The number of carbonyl (C=O) groups is 2. The lowest BCUT2D eigenvalue weighted by Gasteiger charge is -2.29. The van der Waals surface area contributed by atoms with Gasteiger partial charge >= 0.3 is 5.97 Å². The molecule has 1 atom stereocenters. The van der Waals surface area contributed by atoms with E-state index in [2.05, 4.69) is 5.32 Å². The molecule has 1 aliphatic heterocycles. The number of aliphatic carboxylic acids is 1. The zero-order valence-corrected chi connectivity index (χ0v) is 14.0. The summed E-state index contributed by atoms with van der Waals surface area (Å²) < 4.78 is 0. The zero-order chi connectivity index (χ0) is 15.4. The van der Waals surface area contributed by atoms with Gasteiger partial charge in [0, 0.05) is 6.54 Å². The number of nitrogens with one attached hydrogen (secondary N) is 1. The lowest BCUT2D eigenvalue weighted by atomic mass is 9.98. The van der Waals surface area contributed by atoms with Crippen molar-refractivity contribution >= 4 is 53.2 Å². The number of anilines is 1. The van der Waals surface area contributed by atoms with Crippen LogP contribution in [0, 0.1) is 5.92 Å². The number of hydrogen-bond donors (Lipinski definition) is 2. The van der Waals surface area contributed by atoms with Gasteiger partial charge < -0.3 is 10.4 Å². The molecule has 0 spiro atoms. The highest BCUT2D eigenvalue weighted by Gasteiger charge is 2.26. The Balaban J connectivity index is 0.00000242. The predicted octanol–water partition coefficient (Wildman–Crippen LogP) is 3.15. The molecular weight excluding hydrogens is 351 g/mol. The summed E-state index contributed by atoms with van der Waals surface area (Å²) in [5, 5.41) is 12.4. The van der Waals surface area contributed by atoms with Crippen LogP contribution < -0.4 is 5.32 Å². The van der Waals surface area contributed by atoms with E-state index in [4.69, 9.17) is 28.3 Å². The molecule has 5 nitrogen and oxygen atoms in total. The van der Waals surface area contributed by atoms with Crippen LogP contribution in [0.1, 0.15) is 12.8 Å². The van der Waals surface area contributed by atoms with Gasteiger partial charge in [-0.1, -0.05) is 29.3 Å². The van der Waals surface area contributed by atoms with Crippen LogP contribution in [-0.4, -0.2) is 41.5 Å². The van der Waals surface area contributed by atoms with Crippen LogP contribution in [0.5, 0.6) is 0 Å². The number of benzene rings is 1. The third-order valence-electron chi connectivity index (χ3n) is 3.45. The number of nitrogens with zero attached hydrogens (tertiary/aromatic N) is 1.